The van der Waals surface area contributed by atoms with Crippen LogP contribution in [0.5, 0.6) is 5.75 Å². The molecular weight excluding hydrogens is 386 g/mol. The van der Waals surface area contributed by atoms with Crippen molar-refractivity contribution in [3.05, 3.63) is 36.0 Å². The number of anilines is 1. The summed E-state index contributed by atoms with van der Waals surface area (Å²) in [6.45, 7) is 0.427. The van der Waals surface area contributed by atoms with Crippen molar-refractivity contribution >= 4 is 26.4 Å². The van der Waals surface area contributed by atoms with Crippen molar-refractivity contribution < 1.29 is 37.1 Å². The van der Waals surface area contributed by atoms with Crippen LogP contribution in [0.4, 0.5) is 5.69 Å². The summed E-state index contributed by atoms with van der Waals surface area (Å²) in [5, 5.41) is 2.83. The van der Waals surface area contributed by atoms with Gasteiger partial charge in [-0.15, -0.1) is 0 Å². The van der Waals surface area contributed by atoms with Crippen LogP contribution in [-0.2, 0) is 32.3 Å². The number of benzene rings is 1. The van der Waals surface area contributed by atoms with Crippen molar-refractivity contribution in [1.82, 2.24) is 0 Å². The van der Waals surface area contributed by atoms with E-state index in [4.69, 9.17) is 18.0 Å². The van der Waals surface area contributed by atoms with Crippen molar-refractivity contribution in [2.24, 2.45) is 0 Å². The highest BCUT2D eigenvalue weighted by atomic mass is 28.4. The van der Waals surface area contributed by atoms with Gasteiger partial charge >= 0.3 is 20.7 Å². The molecule has 0 atom stereocenters. The molecule has 0 aromatic heterocycles. The standard InChI is InChI=1S/C18H27NO8Si/c1-22-17(20)13-16(18(21)23-2)19-14-8-6-9-15(12-14)27-10-7-11-28(24-3,25-4)26-5/h6,8-9,12-13,19H,7,10-11H2,1-5H3/b16-13+. The number of ether oxygens (including phenoxy) is 3. The first-order valence-electron chi connectivity index (χ1n) is 8.47. The Kier molecular flexibility index (Phi) is 10.2. The van der Waals surface area contributed by atoms with Gasteiger partial charge in [0.05, 0.1) is 26.9 Å². The van der Waals surface area contributed by atoms with Crippen LogP contribution >= 0.6 is 0 Å². The molecule has 0 unspecified atom stereocenters. The zero-order chi connectivity index (χ0) is 21.0. The fraction of sp³-hybridized carbons (Fsp3) is 0.444. The van der Waals surface area contributed by atoms with Crippen LogP contribution in [0.1, 0.15) is 6.42 Å². The molecule has 0 fully saturated rings. The number of rotatable bonds is 12. The first-order chi connectivity index (χ1) is 13.4. The second-order valence-electron chi connectivity index (χ2n) is 5.47. The third-order valence-electron chi connectivity index (χ3n) is 3.81. The molecule has 0 radical (unpaired) electrons. The Morgan fingerprint density at radius 1 is 1.04 bits per heavy atom. The molecule has 0 aliphatic carbocycles. The van der Waals surface area contributed by atoms with E-state index in [1.54, 1.807) is 45.6 Å². The van der Waals surface area contributed by atoms with Gasteiger partial charge in [-0.05, 0) is 18.6 Å². The highest BCUT2D eigenvalue weighted by Crippen LogP contribution is 2.21. The summed E-state index contributed by atoms with van der Waals surface area (Å²) < 4.78 is 31.0. The molecule has 28 heavy (non-hydrogen) atoms. The van der Waals surface area contributed by atoms with Crippen LogP contribution < -0.4 is 10.1 Å². The van der Waals surface area contributed by atoms with Gasteiger partial charge < -0.3 is 32.8 Å². The summed E-state index contributed by atoms with van der Waals surface area (Å²) in [7, 11) is 4.52. The van der Waals surface area contributed by atoms with Gasteiger partial charge in [-0.1, -0.05) is 6.07 Å². The molecular formula is C18H27NO8Si. The van der Waals surface area contributed by atoms with Crippen LogP contribution in [0.3, 0.4) is 0 Å². The minimum Gasteiger partial charge on any atom is -0.494 e. The predicted octanol–water partition coefficient (Wildman–Crippen LogP) is 1.98. The predicted molar refractivity (Wildman–Crippen MR) is 104 cm³/mol. The molecule has 0 aliphatic rings. The molecule has 9 nitrogen and oxygen atoms in total. The smallest absolute Gasteiger partial charge is 0.494 e. The van der Waals surface area contributed by atoms with Gasteiger partial charge in [0.15, 0.2) is 0 Å². The number of carbonyl (C=O) groups excluding carboxylic acids is 2. The molecule has 0 saturated heterocycles. The van der Waals surface area contributed by atoms with Crippen molar-refractivity contribution in [3.8, 4) is 5.75 Å². The van der Waals surface area contributed by atoms with Gasteiger partial charge in [-0.3, -0.25) is 0 Å². The molecule has 10 heteroatoms. The zero-order valence-corrected chi connectivity index (χ0v) is 17.8. The molecule has 0 aliphatic heterocycles. The van der Waals surface area contributed by atoms with Crippen molar-refractivity contribution in [1.29, 1.82) is 0 Å². The molecule has 1 aromatic rings. The summed E-state index contributed by atoms with van der Waals surface area (Å²) in [5.41, 5.74) is 0.495. The van der Waals surface area contributed by atoms with Gasteiger partial charge in [0.25, 0.3) is 0 Å². The Balaban J connectivity index is 2.71. The summed E-state index contributed by atoms with van der Waals surface area (Å²) >= 11 is 0. The normalized spacial score (nSPS) is 11.7. The summed E-state index contributed by atoms with van der Waals surface area (Å²) in [5.74, 6) is -0.786. The topological polar surface area (TPSA) is 102 Å². The molecule has 1 rings (SSSR count). The van der Waals surface area contributed by atoms with Gasteiger partial charge in [0.1, 0.15) is 11.4 Å². The molecule has 0 bridgehead atoms. The Morgan fingerprint density at radius 3 is 2.29 bits per heavy atom. The molecule has 156 valence electrons. The third-order valence-corrected chi connectivity index (χ3v) is 6.64. The Hall–Kier alpha value is -2.40. The molecule has 0 saturated carbocycles. The van der Waals surface area contributed by atoms with Crippen molar-refractivity contribution in [2.75, 3.05) is 47.5 Å². The maximum atomic E-state index is 11.8. The van der Waals surface area contributed by atoms with Gasteiger partial charge in [-0.25, -0.2) is 9.59 Å². The number of esters is 2. The maximum Gasteiger partial charge on any atom is 0.500 e. The van der Waals surface area contributed by atoms with Gasteiger partial charge in [-0.2, -0.15) is 0 Å². The lowest BCUT2D eigenvalue weighted by Gasteiger charge is -2.24. The molecule has 0 heterocycles. The third kappa shape index (κ3) is 7.31. The average molecular weight is 413 g/mol. The SMILES string of the molecule is COC(=O)/C=C(/Nc1cccc(OCCC[Si](OC)(OC)OC)c1)C(=O)OC. The van der Waals surface area contributed by atoms with Gasteiger partial charge in [0, 0.05) is 39.1 Å². The summed E-state index contributed by atoms with van der Waals surface area (Å²) in [6, 6.07) is 7.56. The average Bonchev–Trinajstić information content (AvgIpc) is 2.73. The largest absolute Gasteiger partial charge is 0.500 e. The van der Waals surface area contributed by atoms with E-state index in [1.165, 1.54) is 14.2 Å². The van der Waals surface area contributed by atoms with E-state index < -0.39 is 20.7 Å². The second-order valence-corrected chi connectivity index (χ2v) is 8.56. The molecule has 0 amide bonds. The highest BCUT2D eigenvalue weighted by molar-refractivity contribution is 6.60. The minimum absolute atomic E-state index is 0.0532. The Labute approximate surface area is 165 Å². The van der Waals surface area contributed by atoms with Crippen LogP contribution in [-0.4, -0.2) is 62.9 Å². The molecule has 1 aromatic carbocycles. The number of carbonyl (C=O) groups is 2. The second kappa shape index (κ2) is 12.1. The summed E-state index contributed by atoms with van der Waals surface area (Å²) in [4.78, 5) is 23.3. The monoisotopic (exact) mass is 413 g/mol. The Morgan fingerprint density at radius 2 is 1.71 bits per heavy atom. The number of nitrogens with one attached hydrogen (secondary N) is 1. The Bertz CT molecular complexity index is 667. The van der Waals surface area contributed by atoms with Gasteiger partial charge in [0.2, 0.25) is 0 Å². The number of hydrogen-bond donors (Lipinski definition) is 1. The maximum absolute atomic E-state index is 11.8. The fourth-order valence-electron chi connectivity index (χ4n) is 2.29. The highest BCUT2D eigenvalue weighted by Gasteiger charge is 2.36. The van der Waals surface area contributed by atoms with E-state index in [2.05, 4.69) is 14.8 Å². The minimum atomic E-state index is -2.62. The molecule has 0 spiro atoms. The number of methoxy groups -OCH3 is 2. The van der Waals surface area contributed by atoms with E-state index in [0.717, 1.165) is 6.08 Å². The van der Waals surface area contributed by atoms with Crippen LogP contribution in [0, 0.1) is 0 Å². The lowest BCUT2D eigenvalue weighted by molar-refractivity contribution is -0.138. The molecule has 1 N–H and O–H groups in total. The fourth-order valence-corrected chi connectivity index (χ4v) is 3.98. The lowest BCUT2D eigenvalue weighted by Crippen LogP contribution is -2.42. The number of hydrogen-bond acceptors (Lipinski definition) is 9. The van der Waals surface area contributed by atoms with E-state index in [9.17, 15) is 9.59 Å². The van der Waals surface area contributed by atoms with Crippen LogP contribution in [0.25, 0.3) is 0 Å². The van der Waals surface area contributed by atoms with Crippen molar-refractivity contribution in [3.63, 3.8) is 0 Å². The zero-order valence-electron chi connectivity index (χ0n) is 16.8. The summed E-state index contributed by atoms with van der Waals surface area (Å²) in [6.07, 6.45) is 1.69. The van der Waals surface area contributed by atoms with Crippen molar-refractivity contribution in [2.45, 2.75) is 12.5 Å². The van der Waals surface area contributed by atoms with E-state index >= 15 is 0 Å². The quantitative estimate of drug-likeness (QED) is 0.238. The lowest BCUT2D eigenvalue weighted by atomic mass is 10.2. The first kappa shape index (κ1) is 23.6. The first-order valence-corrected chi connectivity index (χ1v) is 10.4. The van der Waals surface area contributed by atoms with E-state index in [-0.39, 0.29) is 5.70 Å². The van der Waals surface area contributed by atoms with Crippen LogP contribution in [0.2, 0.25) is 6.04 Å². The van der Waals surface area contributed by atoms with E-state index in [0.29, 0.717) is 30.5 Å². The van der Waals surface area contributed by atoms with E-state index in [1.807, 2.05) is 0 Å². The van der Waals surface area contributed by atoms with Crippen LogP contribution in [0.15, 0.2) is 36.0 Å².